The maximum absolute atomic E-state index is 8.70. The fraction of sp³-hybridized carbons (Fsp3) is 0.429. The smallest absolute Gasteiger partial charge is 0.183 e. The highest BCUT2D eigenvalue weighted by molar-refractivity contribution is 5.55. The van der Waals surface area contributed by atoms with Crippen molar-refractivity contribution in [2.24, 2.45) is 0 Å². The largest absolute Gasteiger partial charge is 0.198 e. The first-order valence-electron chi connectivity index (χ1n) is 6.00. The van der Waals surface area contributed by atoms with Crippen molar-refractivity contribution in [3.8, 4) is 12.4 Å². The van der Waals surface area contributed by atoms with Gasteiger partial charge in [-0.15, -0.1) is 0 Å². The predicted molar refractivity (Wildman–Crippen MR) is 68.0 cm³/mol. The molecule has 0 amide bonds. The maximum atomic E-state index is 8.70. The molecule has 0 N–H and O–H groups in total. The van der Waals surface area contributed by atoms with E-state index >= 15 is 0 Å². The van der Waals surface area contributed by atoms with E-state index in [1.807, 2.05) is 36.7 Å². The molecule has 0 aromatic heterocycles. The lowest BCUT2D eigenvalue weighted by molar-refractivity contribution is 0.667. The molecule has 0 fully saturated rings. The number of nitrogens with zero attached hydrogens (tertiary/aromatic N) is 3. The number of aryl methyl sites for hydroxylation is 1. The quantitative estimate of drug-likeness (QED) is 0.424. The van der Waals surface area contributed by atoms with Crippen LogP contribution in [0.3, 0.4) is 0 Å². The zero-order valence-electron chi connectivity index (χ0n) is 10.2. The lowest BCUT2D eigenvalue weighted by atomic mass is 10.1. The summed E-state index contributed by atoms with van der Waals surface area (Å²) < 4.78 is 0. The molecule has 17 heavy (non-hydrogen) atoms. The van der Waals surface area contributed by atoms with Crippen LogP contribution in [0, 0.1) is 22.9 Å². The normalized spacial score (nSPS) is 9.35. The van der Waals surface area contributed by atoms with E-state index in [4.69, 9.17) is 10.5 Å². The molecule has 1 rings (SSSR count). The summed E-state index contributed by atoms with van der Waals surface area (Å²) in [6, 6.07) is 7.62. The van der Waals surface area contributed by atoms with Crippen LogP contribution in [0.1, 0.15) is 38.2 Å². The van der Waals surface area contributed by atoms with Gasteiger partial charge in [0, 0.05) is 0 Å². The lowest BCUT2D eigenvalue weighted by Crippen LogP contribution is -2.06. The molecule has 0 unspecified atom stereocenters. The van der Waals surface area contributed by atoms with Crippen LogP contribution in [-0.2, 0) is 6.42 Å². The molecule has 88 valence electrons. The third-order valence-corrected chi connectivity index (χ3v) is 2.71. The minimum absolute atomic E-state index is 0.632. The number of unbranched alkanes of at least 4 members (excludes halogenated alkanes) is 3. The molecular weight excluding hydrogens is 210 g/mol. The second kappa shape index (κ2) is 7.30. The average Bonchev–Trinajstić information content (AvgIpc) is 2.38. The van der Waals surface area contributed by atoms with Crippen molar-refractivity contribution in [2.75, 3.05) is 4.90 Å². The molecule has 0 saturated carbocycles. The molecular formula is C14H17N3. The van der Waals surface area contributed by atoms with Gasteiger partial charge in [0.15, 0.2) is 12.4 Å². The number of benzene rings is 1. The van der Waals surface area contributed by atoms with E-state index in [9.17, 15) is 0 Å². The number of hydrogen-bond acceptors (Lipinski definition) is 3. The predicted octanol–water partition coefficient (Wildman–Crippen LogP) is 3.58. The average molecular weight is 227 g/mol. The maximum Gasteiger partial charge on any atom is 0.198 e. The zero-order valence-corrected chi connectivity index (χ0v) is 10.2. The molecule has 0 heterocycles. The van der Waals surface area contributed by atoms with Crippen LogP contribution < -0.4 is 4.90 Å². The molecule has 3 nitrogen and oxygen atoms in total. The number of anilines is 1. The first-order valence-corrected chi connectivity index (χ1v) is 6.00. The minimum Gasteiger partial charge on any atom is -0.183 e. The van der Waals surface area contributed by atoms with Crippen LogP contribution >= 0.6 is 0 Å². The van der Waals surface area contributed by atoms with Gasteiger partial charge in [-0.1, -0.05) is 38.3 Å². The number of rotatable bonds is 6. The zero-order chi connectivity index (χ0) is 12.5. The fourth-order valence-electron chi connectivity index (χ4n) is 1.71. The van der Waals surface area contributed by atoms with Gasteiger partial charge < -0.3 is 0 Å². The Labute approximate surface area is 103 Å². The first kappa shape index (κ1) is 13.1. The van der Waals surface area contributed by atoms with Crippen molar-refractivity contribution < 1.29 is 0 Å². The Balaban J connectivity index is 2.51. The standard InChI is InChI=1S/C14H17N3/c1-2-3-4-5-6-13-7-9-14(10-8-13)17(11-15)12-16/h7-10H,2-6H2,1H3. The van der Waals surface area contributed by atoms with Crippen LogP contribution in [0.5, 0.6) is 0 Å². The van der Waals surface area contributed by atoms with Gasteiger partial charge in [-0.3, -0.25) is 0 Å². The minimum atomic E-state index is 0.632. The Morgan fingerprint density at radius 3 is 2.18 bits per heavy atom. The van der Waals surface area contributed by atoms with Crippen molar-refractivity contribution in [1.82, 2.24) is 0 Å². The van der Waals surface area contributed by atoms with Crippen LogP contribution in [-0.4, -0.2) is 0 Å². The van der Waals surface area contributed by atoms with E-state index < -0.39 is 0 Å². The van der Waals surface area contributed by atoms with Crippen molar-refractivity contribution in [3.63, 3.8) is 0 Å². The molecule has 0 aliphatic heterocycles. The molecule has 0 radical (unpaired) electrons. The monoisotopic (exact) mass is 227 g/mol. The molecule has 0 atom stereocenters. The van der Waals surface area contributed by atoms with Crippen molar-refractivity contribution in [1.29, 1.82) is 10.5 Å². The lowest BCUT2D eigenvalue weighted by Gasteiger charge is -2.06. The molecule has 0 aliphatic carbocycles. The SMILES string of the molecule is CCCCCCc1ccc(N(C#N)C#N)cc1. The van der Waals surface area contributed by atoms with E-state index in [2.05, 4.69) is 6.92 Å². The van der Waals surface area contributed by atoms with Crippen LogP contribution in [0.25, 0.3) is 0 Å². The van der Waals surface area contributed by atoms with Crippen molar-refractivity contribution in [2.45, 2.75) is 39.0 Å². The highest BCUT2D eigenvalue weighted by Crippen LogP contribution is 2.15. The summed E-state index contributed by atoms with van der Waals surface area (Å²) in [5, 5.41) is 17.4. The summed E-state index contributed by atoms with van der Waals surface area (Å²) in [7, 11) is 0. The van der Waals surface area contributed by atoms with Gasteiger partial charge in [0.2, 0.25) is 0 Å². The molecule has 0 aliphatic rings. The summed E-state index contributed by atoms with van der Waals surface area (Å²) in [5.74, 6) is 0. The Kier molecular flexibility index (Phi) is 5.61. The summed E-state index contributed by atoms with van der Waals surface area (Å²) in [4.78, 5) is 1.00. The van der Waals surface area contributed by atoms with Gasteiger partial charge in [0.25, 0.3) is 0 Å². The Bertz CT molecular complexity index is 395. The topological polar surface area (TPSA) is 50.8 Å². The van der Waals surface area contributed by atoms with E-state index in [1.54, 1.807) is 0 Å². The van der Waals surface area contributed by atoms with Gasteiger partial charge in [-0.25, -0.2) is 0 Å². The molecule has 1 aromatic rings. The second-order valence-corrected chi connectivity index (χ2v) is 4.01. The van der Waals surface area contributed by atoms with E-state index in [1.165, 1.54) is 31.2 Å². The van der Waals surface area contributed by atoms with Crippen LogP contribution in [0.2, 0.25) is 0 Å². The van der Waals surface area contributed by atoms with Crippen LogP contribution in [0.4, 0.5) is 5.69 Å². The molecule has 1 aromatic carbocycles. The second-order valence-electron chi connectivity index (χ2n) is 4.01. The molecule has 3 heteroatoms. The van der Waals surface area contributed by atoms with Crippen molar-refractivity contribution >= 4 is 5.69 Å². The van der Waals surface area contributed by atoms with Gasteiger partial charge in [-0.2, -0.15) is 15.4 Å². The van der Waals surface area contributed by atoms with Gasteiger partial charge >= 0.3 is 0 Å². The molecule has 0 saturated heterocycles. The third-order valence-electron chi connectivity index (χ3n) is 2.71. The Hall–Kier alpha value is -2.00. The van der Waals surface area contributed by atoms with Gasteiger partial charge in [0.05, 0.1) is 5.69 Å². The van der Waals surface area contributed by atoms with Crippen molar-refractivity contribution in [3.05, 3.63) is 29.8 Å². The number of hydrogen-bond donors (Lipinski definition) is 0. The Morgan fingerprint density at radius 1 is 1.00 bits per heavy atom. The molecule has 0 spiro atoms. The summed E-state index contributed by atoms with van der Waals surface area (Å²) in [6.45, 7) is 2.20. The molecule has 0 bridgehead atoms. The van der Waals surface area contributed by atoms with Gasteiger partial charge in [-0.05, 0) is 30.5 Å². The third kappa shape index (κ3) is 4.17. The Morgan fingerprint density at radius 2 is 1.65 bits per heavy atom. The highest BCUT2D eigenvalue weighted by atomic mass is 15.1. The highest BCUT2D eigenvalue weighted by Gasteiger charge is 2.02. The van der Waals surface area contributed by atoms with Gasteiger partial charge in [0.1, 0.15) is 0 Å². The van der Waals surface area contributed by atoms with E-state index in [-0.39, 0.29) is 0 Å². The first-order chi connectivity index (χ1) is 8.31. The van der Waals surface area contributed by atoms with Crippen LogP contribution in [0.15, 0.2) is 24.3 Å². The summed E-state index contributed by atoms with van der Waals surface area (Å²) in [6.07, 6.45) is 9.71. The van der Waals surface area contributed by atoms with E-state index in [0.29, 0.717) is 5.69 Å². The number of nitriles is 2. The fourth-order valence-corrected chi connectivity index (χ4v) is 1.71. The summed E-state index contributed by atoms with van der Waals surface area (Å²) in [5.41, 5.74) is 1.90. The van der Waals surface area contributed by atoms with E-state index in [0.717, 1.165) is 11.3 Å². The summed E-state index contributed by atoms with van der Waals surface area (Å²) >= 11 is 0.